The summed E-state index contributed by atoms with van der Waals surface area (Å²) in [5.41, 5.74) is 0.0500. The molecular formula is C12H9NO5. The van der Waals surface area contributed by atoms with Gasteiger partial charge in [-0.15, -0.1) is 0 Å². The highest BCUT2D eigenvalue weighted by Gasteiger charge is 2.17. The molecule has 1 aliphatic heterocycles. The van der Waals surface area contributed by atoms with E-state index < -0.39 is 11.5 Å². The molecule has 0 radical (unpaired) electrons. The van der Waals surface area contributed by atoms with Crippen LogP contribution in [0.1, 0.15) is 10.4 Å². The lowest BCUT2D eigenvalue weighted by molar-refractivity contribution is 0.0599. The third-order valence-corrected chi connectivity index (χ3v) is 2.74. The Morgan fingerprint density at radius 1 is 1.28 bits per heavy atom. The van der Waals surface area contributed by atoms with Gasteiger partial charge in [-0.25, -0.2) is 4.79 Å². The highest BCUT2D eigenvalue weighted by Crippen LogP contribution is 2.35. The van der Waals surface area contributed by atoms with E-state index in [9.17, 15) is 9.59 Å². The number of rotatable bonds is 1. The van der Waals surface area contributed by atoms with E-state index >= 15 is 0 Å². The fourth-order valence-electron chi connectivity index (χ4n) is 1.86. The number of ether oxygens (including phenoxy) is 3. The summed E-state index contributed by atoms with van der Waals surface area (Å²) in [6, 6.07) is 4.85. The summed E-state index contributed by atoms with van der Waals surface area (Å²) in [4.78, 5) is 25.7. The molecule has 1 N–H and O–H groups in total. The van der Waals surface area contributed by atoms with Crippen LogP contribution in [0.5, 0.6) is 11.5 Å². The summed E-state index contributed by atoms with van der Waals surface area (Å²) < 4.78 is 15.0. The van der Waals surface area contributed by atoms with Crippen molar-refractivity contribution in [2.45, 2.75) is 0 Å². The number of benzene rings is 1. The van der Waals surface area contributed by atoms with Gasteiger partial charge in [0, 0.05) is 11.5 Å². The van der Waals surface area contributed by atoms with Crippen LogP contribution in [0.2, 0.25) is 0 Å². The molecule has 0 unspecified atom stereocenters. The summed E-state index contributed by atoms with van der Waals surface area (Å²) in [7, 11) is 1.23. The topological polar surface area (TPSA) is 77.6 Å². The van der Waals surface area contributed by atoms with Crippen LogP contribution in [0.4, 0.5) is 0 Å². The summed E-state index contributed by atoms with van der Waals surface area (Å²) >= 11 is 0. The van der Waals surface area contributed by atoms with Crippen LogP contribution in [0.25, 0.3) is 10.9 Å². The number of esters is 1. The van der Waals surface area contributed by atoms with Gasteiger partial charge in [0.05, 0.1) is 12.6 Å². The summed E-state index contributed by atoms with van der Waals surface area (Å²) in [6.45, 7) is 0.153. The zero-order chi connectivity index (χ0) is 12.7. The first-order valence-electron chi connectivity index (χ1n) is 5.24. The van der Waals surface area contributed by atoms with Crippen LogP contribution in [0.15, 0.2) is 23.0 Å². The van der Waals surface area contributed by atoms with E-state index in [1.807, 2.05) is 0 Å². The lowest BCUT2D eigenvalue weighted by atomic mass is 10.1. The molecule has 0 fully saturated rings. The van der Waals surface area contributed by atoms with Crippen LogP contribution in [0.3, 0.4) is 0 Å². The van der Waals surface area contributed by atoms with E-state index in [0.717, 1.165) is 0 Å². The van der Waals surface area contributed by atoms with Crippen LogP contribution in [-0.4, -0.2) is 24.9 Å². The zero-order valence-electron chi connectivity index (χ0n) is 9.48. The molecular weight excluding hydrogens is 238 g/mol. The Labute approximate surface area is 101 Å². The van der Waals surface area contributed by atoms with Crippen molar-refractivity contribution in [3.05, 3.63) is 34.1 Å². The fraction of sp³-hybridized carbons (Fsp3) is 0.167. The third-order valence-electron chi connectivity index (χ3n) is 2.74. The summed E-state index contributed by atoms with van der Waals surface area (Å²) in [5.74, 6) is 0.491. The maximum Gasteiger partial charge on any atom is 0.343 e. The minimum atomic E-state index is -0.671. The van der Waals surface area contributed by atoms with Crippen LogP contribution in [0, 0.1) is 0 Å². The Balaban J connectivity index is 2.26. The second kappa shape index (κ2) is 3.76. The smallest absolute Gasteiger partial charge is 0.343 e. The van der Waals surface area contributed by atoms with Crippen molar-refractivity contribution < 1.29 is 19.0 Å². The average Bonchev–Trinajstić information content (AvgIpc) is 2.81. The van der Waals surface area contributed by atoms with Crippen LogP contribution >= 0.6 is 0 Å². The number of nitrogens with one attached hydrogen (secondary N) is 1. The number of carbonyl (C=O) groups is 1. The number of fused-ring (bicyclic) bond motifs is 2. The molecule has 3 rings (SSSR count). The number of hydrogen-bond acceptors (Lipinski definition) is 5. The lowest BCUT2D eigenvalue weighted by Gasteiger charge is -2.03. The molecule has 2 aromatic rings. The Morgan fingerprint density at radius 2 is 2.00 bits per heavy atom. The Kier molecular flexibility index (Phi) is 2.22. The first-order valence-corrected chi connectivity index (χ1v) is 5.24. The number of aromatic amines is 1. The van der Waals surface area contributed by atoms with Gasteiger partial charge >= 0.3 is 5.97 Å². The molecule has 2 heterocycles. The fourth-order valence-corrected chi connectivity index (χ4v) is 1.86. The van der Waals surface area contributed by atoms with Gasteiger partial charge in [0.2, 0.25) is 6.79 Å². The molecule has 1 aromatic carbocycles. The Bertz CT molecular complexity index is 703. The molecule has 0 bridgehead atoms. The molecule has 6 heteroatoms. The molecule has 6 nitrogen and oxygen atoms in total. The summed E-state index contributed by atoms with van der Waals surface area (Å²) in [5, 5.41) is 0.680. The molecule has 0 saturated carbocycles. The van der Waals surface area contributed by atoms with Gasteiger partial charge in [0.15, 0.2) is 11.5 Å². The molecule has 0 aliphatic carbocycles. The molecule has 0 atom stereocenters. The normalized spacial score (nSPS) is 12.7. The number of methoxy groups -OCH3 is 1. The van der Waals surface area contributed by atoms with Gasteiger partial charge < -0.3 is 19.2 Å². The number of pyridine rings is 1. The quantitative estimate of drug-likeness (QED) is 0.762. The monoisotopic (exact) mass is 247 g/mol. The van der Waals surface area contributed by atoms with Gasteiger partial charge in [0.25, 0.3) is 5.56 Å². The highest BCUT2D eigenvalue weighted by molar-refractivity contribution is 5.94. The van der Waals surface area contributed by atoms with E-state index in [-0.39, 0.29) is 12.4 Å². The molecule has 1 aliphatic rings. The predicted octanol–water partition coefficient (Wildman–Crippen LogP) is 1.04. The summed E-state index contributed by atoms with van der Waals surface area (Å²) in [6.07, 6.45) is 0. The molecule has 18 heavy (non-hydrogen) atoms. The SMILES string of the molecule is COC(=O)c1cc2cc3c(cc2[nH]c1=O)OCO3. The Hall–Kier alpha value is -2.50. The minimum absolute atomic E-state index is 0.0381. The van der Waals surface area contributed by atoms with Crippen molar-refractivity contribution in [1.82, 2.24) is 4.98 Å². The maximum atomic E-state index is 11.7. The van der Waals surface area contributed by atoms with Crippen molar-refractivity contribution in [2.75, 3.05) is 13.9 Å². The molecule has 0 spiro atoms. The number of H-pyrrole nitrogens is 1. The van der Waals surface area contributed by atoms with Crippen molar-refractivity contribution in [3.8, 4) is 11.5 Å². The molecule has 0 amide bonds. The number of carbonyl (C=O) groups excluding carboxylic acids is 1. The van der Waals surface area contributed by atoms with Gasteiger partial charge in [-0.1, -0.05) is 0 Å². The minimum Gasteiger partial charge on any atom is -0.465 e. The van der Waals surface area contributed by atoms with Gasteiger partial charge in [-0.3, -0.25) is 4.79 Å². The van der Waals surface area contributed by atoms with Crippen molar-refractivity contribution >= 4 is 16.9 Å². The van der Waals surface area contributed by atoms with E-state index in [2.05, 4.69) is 9.72 Å². The van der Waals surface area contributed by atoms with Gasteiger partial charge in [0.1, 0.15) is 5.56 Å². The maximum absolute atomic E-state index is 11.7. The lowest BCUT2D eigenvalue weighted by Crippen LogP contribution is -2.18. The second-order valence-electron chi connectivity index (χ2n) is 3.80. The predicted molar refractivity (Wildman–Crippen MR) is 62.0 cm³/mol. The zero-order valence-corrected chi connectivity index (χ0v) is 9.48. The highest BCUT2D eigenvalue weighted by atomic mass is 16.7. The largest absolute Gasteiger partial charge is 0.465 e. The standard InChI is InChI=1S/C12H9NO5/c1-16-12(15)7-2-6-3-9-10(18-5-17-9)4-8(6)13-11(7)14/h2-4H,5H2,1H3,(H,13,14). The van der Waals surface area contributed by atoms with Crippen molar-refractivity contribution in [1.29, 1.82) is 0 Å². The molecule has 92 valence electrons. The van der Waals surface area contributed by atoms with E-state index in [1.54, 1.807) is 12.1 Å². The van der Waals surface area contributed by atoms with E-state index in [4.69, 9.17) is 9.47 Å². The second-order valence-corrected chi connectivity index (χ2v) is 3.80. The van der Waals surface area contributed by atoms with Crippen molar-refractivity contribution in [3.63, 3.8) is 0 Å². The van der Waals surface area contributed by atoms with Gasteiger partial charge in [-0.2, -0.15) is 0 Å². The first-order chi connectivity index (χ1) is 8.69. The van der Waals surface area contributed by atoms with Crippen LogP contribution in [-0.2, 0) is 4.74 Å². The third kappa shape index (κ3) is 1.50. The van der Waals surface area contributed by atoms with Crippen LogP contribution < -0.4 is 15.0 Å². The van der Waals surface area contributed by atoms with E-state index in [0.29, 0.717) is 22.4 Å². The van der Waals surface area contributed by atoms with E-state index in [1.165, 1.54) is 13.2 Å². The first kappa shape index (κ1) is 10.6. The average molecular weight is 247 g/mol. The van der Waals surface area contributed by atoms with Crippen molar-refractivity contribution in [2.24, 2.45) is 0 Å². The number of hydrogen-bond donors (Lipinski definition) is 1. The molecule has 0 saturated heterocycles. The molecule has 1 aromatic heterocycles. The van der Waals surface area contributed by atoms with Gasteiger partial charge in [-0.05, 0) is 12.1 Å². The Morgan fingerprint density at radius 3 is 2.72 bits per heavy atom. The number of aromatic nitrogens is 1.